The molecule has 1 aromatic carbocycles. The van der Waals surface area contributed by atoms with Crippen molar-refractivity contribution < 1.29 is 9.50 Å². The highest BCUT2D eigenvalue weighted by molar-refractivity contribution is 7.13. The van der Waals surface area contributed by atoms with Crippen molar-refractivity contribution in [3.63, 3.8) is 0 Å². The van der Waals surface area contributed by atoms with Crippen LogP contribution < -0.4 is 5.32 Å². The second kappa shape index (κ2) is 5.88. The zero-order valence-electron chi connectivity index (χ0n) is 11.0. The molecule has 0 radical (unpaired) electrons. The Hall–Kier alpha value is -2.47. The first-order chi connectivity index (χ1) is 10.2. The highest BCUT2D eigenvalue weighted by atomic mass is 32.1. The van der Waals surface area contributed by atoms with Gasteiger partial charge in [0, 0.05) is 23.3 Å². The van der Waals surface area contributed by atoms with Crippen LogP contribution in [0.1, 0.15) is 5.69 Å². The predicted octanol–water partition coefficient (Wildman–Crippen LogP) is 3.66. The van der Waals surface area contributed by atoms with Gasteiger partial charge in [0.25, 0.3) is 0 Å². The van der Waals surface area contributed by atoms with E-state index < -0.39 is 5.82 Å². The minimum absolute atomic E-state index is 0.355. The maximum Gasteiger partial charge on any atom is 0.166 e. The third kappa shape index (κ3) is 3.17. The van der Waals surface area contributed by atoms with Gasteiger partial charge in [0.1, 0.15) is 5.01 Å². The number of aromatic nitrogens is 2. The van der Waals surface area contributed by atoms with Gasteiger partial charge in [-0.05, 0) is 24.3 Å². The number of rotatable bonds is 4. The molecule has 2 N–H and O–H groups in total. The lowest BCUT2D eigenvalue weighted by molar-refractivity contribution is 0.432. The van der Waals surface area contributed by atoms with Crippen molar-refractivity contribution in [2.24, 2.45) is 0 Å². The van der Waals surface area contributed by atoms with E-state index in [1.165, 1.54) is 23.5 Å². The number of nitrogens with zero attached hydrogens (tertiary/aromatic N) is 2. The lowest BCUT2D eigenvalue weighted by atomic mass is 10.3. The zero-order valence-corrected chi connectivity index (χ0v) is 11.8. The number of pyridine rings is 1. The zero-order chi connectivity index (χ0) is 14.7. The third-order valence-corrected chi connectivity index (χ3v) is 3.77. The van der Waals surface area contributed by atoms with Gasteiger partial charge in [-0.2, -0.15) is 0 Å². The molecule has 4 nitrogen and oxygen atoms in total. The summed E-state index contributed by atoms with van der Waals surface area (Å²) in [6, 6.07) is 9.87. The summed E-state index contributed by atoms with van der Waals surface area (Å²) in [5, 5.41) is 15.0. The minimum atomic E-state index is -0.646. The Morgan fingerprint density at radius 3 is 2.90 bits per heavy atom. The summed E-state index contributed by atoms with van der Waals surface area (Å²) in [5.41, 5.74) is 2.29. The van der Waals surface area contributed by atoms with Gasteiger partial charge in [0.15, 0.2) is 11.6 Å². The molecule has 0 fully saturated rings. The van der Waals surface area contributed by atoms with Gasteiger partial charge in [0.2, 0.25) is 0 Å². The molecular formula is C15H12FN3OS. The van der Waals surface area contributed by atoms with E-state index in [0.29, 0.717) is 12.2 Å². The van der Waals surface area contributed by atoms with Crippen LogP contribution in [0.2, 0.25) is 0 Å². The van der Waals surface area contributed by atoms with Gasteiger partial charge in [-0.1, -0.05) is 6.07 Å². The van der Waals surface area contributed by atoms with Crippen LogP contribution >= 0.6 is 11.3 Å². The summed E-state index contributed by atoms with van der Waals surface area (Å²) in [6.45, 7) is 0.480. The summed E-state index contributed by atoms with van der Waals surface area (Å²) < 4.78 is 13.2. The molecule has 2 aromatic heterocycles. The van der Waals surface area contributed by atoms with Crippen LogP contribution in [0.3, 0.4) is 0 Å². The van der Waals surface area contributed by atoms with Crippen LogP contribution in [0.5, 0.6) is 5.75 Å². The molecule has 0 aliphatic heterocycles. The summed E-state index contributed by atoms with van der Waals surface area (Å²) in [6.07, 6.45) is 1.73. The van der Waals surface area contributed by atoms with E-state index in [2.05, 4.69) is 15.3 Å². The summed E-state index contributed by atoms with van der Waals surface area (Å²) >= 11 is 1.52. The second-order valence-corrected chi connectivity index (χ2v) is 5.24. The van der Waals surface area contributed by atoms with Crippen molar-refractivity contribution in [3.8, 4) is 16.5 Å². The number of halogens is 1. The van der Waals surface area contributed by atoms with Gasteiger partial charge in [-0.15, -0.1) is 11.3 Å². The molecule has 0 unspecified atom stereocenters. The average molecular weight is 301 g/mol. The number of anilines is 1. The first kappa shape index (κ1) is 13.5. The van der Waals surface area contributed by atoms with E-state index in [0.717, 1.165) is 16.4 Å². The number of hydrogen-bond donors (Lipinski definition) is 2. The highest BCUT2D eigenvalue weighted by Crippen LogP contribution is 2.23. The first-order valence-electron chi connectivity index (χ1n) is 6.30. The molecule has 21 heavy (non-hydrogen) atoms. The Labute approximate surface area is 124 Å². The normalized spacial score (nSPS) is 10.5. The number of thiazole rings is 1. The fraction of sp³-hybridized carbons (Fsp3) is 0.0667. The van der Waals surface area contributed by atoms with E-state index in [-0.39, 0.29) is 5.75 Å². The van der Waals surface area contributed by atoms with Crippen molar-refractivity contribution in [2.45, 2.75) is 6.54 Å². The average Bonchev–Trinajstić information content (AvgIpc) is 2.98. The third-order valence-electron chi connectivity index (χ3n) is 2.86. The highest BCUT2D eigenvalue weighted by Gasteiger charge is 2.06. The van der Waals surface area contributed by atoms with E-state index >= 15 is 0 Å². The molecule has 0 saturated carbocycles. The minimum Gasteiger partial charge on any atom is -0.505 e. The van der Waals surface area contributed by atoms with Crippen LogP contribution in [-0.2, 0) is 6.54 Å². The Morgan fingerprint density at radius 2 is 2.14 bits per heavy atom. The largest absolute Gasteiger partial charge is 0.505 e. The van der Waals surface area contributed by atoms with E-state index in [9.17, 15) is 4.39 Å². The number of phenols is 1. The van der Waals surface area contributed by atoms with Gasteiger partial charge in [0.05, 0.1) is 17.9 Å². The van der Waals surface area contributed by atoms with Crippen LogP contribution in [0.4, 0.5) is 10.1 Å². The molecule has 0 bridgehead atoms. The number of benzene rings is 1. The number of nitrogens with one attached hydrogen (secondary N) is 1. The topological polar surface area (TPSA) is 58.0 Å². The van der Waals surface area contributed by atoms with Crippen molar-refractivity contribution in [2.75, 3.05) is 5.32 Å². The maximum atomic E-state index is 13.2. The molecular weight excluding hydrogens is 289 g/mol. The van der Waals surface area contributed by atoms with Gasteiger partial charge >= 0.3 is 0 Å². The molecule has 3 aromatic rings. The molecule has 0 spiro atoms. The molecule has 0 aliphatic rings. The van der Waals surface area contributed by atoms with E-state index in [4.69, 9.17) is 5.11 Å². The molecule has 0 aliphatic carbocycles. The van der Waals surface area contributed by atoms with Crippen LogP contribution in [-0.4, -0.2) is 15.1 Å². The fourth-order valence-electron chi connectivity index (χ4n) is 1.80. The molecule has 3 rings (SSSR count). The summed E-state index contributed by atoms with van der Waals surface area (Å²) in [4.78, 5) is 8.74. The Morgan fingerprint density at radius 1 is 1.24 bits per heavy atom. The Balaban J connectivity index is 1.69. The predicted molar refractivity (Wildman–Crippen MR) is 80.7 cm³/mol. The molecule has 2 heterocycles. The standard InChI is InChI=1S/C15H12FN3OS/c16-12-7-10(4-5-14(12)20)18-8-11-9-21-15(19-11)13-3-1-2-6-17-13/h1-7,9,18,20H,8H2. The molecule has 0 amide bonds. The van der Waals surface area contributed by atoms with Crippen molar-refractivity contribution >= 4 is 17.0 Å². The van der Waals surface area contributed by atoms with E-state index in [1.807, 2.05) is 23.6 Å². The Bertz CT molecular complexity index is 746. The molecule has 0 atom stereocenters. The molecule has 0 saturated heterocycles. The van der Waals surface area contributed by atoms with Crippen LogP contribution in [0, 0.1) is 5.82 Å². The van der Waals surface area contributed by atoms with Gasteiger partial charge in [-0.25, -0.2) is 9.37 Å². The van der Waals surface area contributed by atoms with Crippen LogP contribution in [0.25, 0.3) is 10.7 Å². The maximum absolute atomic E-state index is 13.2. The number of aromatic hydroxyl groups is 1. The first-order valence-corrected chi connectivity index (χ1v) is 7.18. The smallest absolute Gasteiger partial charge is 0.166 e. The lowest BCUT2D eigenvalue weighted by Gasteiger charge is -2.05. The summed E-state index contributed by atoms with van der Waals surface area (Å²) in [5.74, 6) is -1.00. The Kier molecular flexibility index (Phi) is 3.79. The van der Waals surface area contributed by atoms with Crippen molar-refractivity contribution in [1.82, 2.24) is 9.97 Å². The monoisotopic (exact) mass is 301 g/mol. The summed E-state index contributed by atoms with van der Waals surface area (Å²) in [7, 11) is 0. The van der Waals surface area contributed by atoms with Gasteiger partial charge < -0.3 is 10.4 Å². The lowest BCUT2D eigenvalue weighted by Crippen LogP contribution is -2.00. The second-order valence-electron chi connectivity index (χ2n) is 4.38. The number of phenolic OH excluding ortho intramolecular Hbond substituents is 1. The van der Waals surface area contributed by atoms with Crippen LogP contribution in [0.15, 0.2) is 48.0 Å². The fourth-order valence-corrected chi connectivity index (χ4v) is 2.60. The molecule has 106 valence electrons. The SMILES string of the molecule is Oc1ccc(NCc2csc(-c3ccccn3)n2)cc1F. The number of hydrogen-bond acceptors (Lipinski definition) is 5. The van der Waals surface area contributed by atoms with E-state index in [1.54, 1.807) is 12.3 Å². The quantitative estimate of drug-likeness (QED) is 0.722. The van der Waals surface area contributed by atoms with Crippen molar-refractivity contribution in [3.05, 3.63) is 59.5 Å². The molecule has 6 heteroatoms. The van der Waals surface area contributed by atoms with Crippen molar-refractivity contribution in [1.29, 1.82) is 0 Å². The van der Waals surface area contributed by atoms with Gasteiger partial charge in [-0.3, -0.25) is 4.98 Å².